The number of anilines is 3. The maximum Gasteiger partial charge on any atom is 0.0541 e. The number of hydrogen-bond donors (Lipinski definition) is 0. The summed E-state index contributed by atoms with van der Waals surface area (Å²) in [6.45, 7) is 6.50. The highest BCUT2D eigenvalue weighted by Crippen LogP contribution is 2.51. The van der Waals surface area contributed by atoms with Crippen molar-refractivity contribution in [2.24, 2.45) is 0 Å². The summed E-state index contributed by atoms with van der Waals surface area (Å²) in [5.41, 5.74) is 16.3. The van der Waals surface area contributed by atoms with Gasteiger partial charge in [-0.15, -0.1) is 0 Å². The van der Waals surface area contributed by atoms with E-state index in [1.54, 1.807) is 0 Å². The van der Waals surface area contributed by atoms with Crippen molar-refractivity contribution < 1.29 is 0 Å². The third kappa shape index (κ3) is 4.34. The minimum absolute atomic E-state index is 1.16. The lowest BCUT2D eigenvalue weighted by Gasteiger charge is -2.28. The molecule has 0 saturated heterocycles. The second-order valence-electron chi connectivity index (χ2n) is 13.7. The number of nitrogens with zero attached hydrogens (tertiary/aromatic N) is 2. The van der Waals surface area contributed by atoms with E-state index in [1.165, 1.54) is 93.7 Å². The predicted molar refractivity (Wildman–Crippen MR) is 209 cm³/mol. The molecule has 0 unspecified atom stereocenters. The van der Waals surface area contributed by atoms with Gasteiger partial charge >= 0.3 is 0 Å². The van der Waals surface area contributed by atoms with Crippen molar-refractivity contribution >= 4 is 60.4 Å². The van der Waals surface area contributed by atoms with Crippen molar-refractivity contribution in [1.29, 1.82) is 0 Å². The van der Waals surface area contributed by atoms with Gasteiger partial charge in [-0.25, -0.2) is 0 Å². The molecule has 0 fully saturated rings. The van der Waals surface area contributed by atoms with E-state index in [4.69, 9.17) is 0 Å². The normalized spacial score (nSPS) is 12.0. The molecule has 0 amide bonds. The SMILES string of the molecule is Cc1ccc(N(c2cc(C)cc(C)c2)c2ccc3cc4c(cc3c2)-c2cc3cc(-n5c6ccccc6c6ccccc65)ccc3cc2-4)cc1. The van der Waals surface area contributed by atoms with E-state index in [0.717, 1.165) is 11.4 Å². The van der Waals surface area contributed by atoms with Crippen LogP contribution in [0.1, 0.15) is 16.7 Å². The molecule has 2 heteroatoms. The zero-order valence-electron chi connectivity index (χ0n) is 27.8. The van der Waals surface area contributed by atoms with Gasteiger partial charge in [0.15, 0.2) is 0 Å². The topological polar surface area (TPSA) is 8.17 Å². The van der Waals surface area contributed by atoms with Crippen LogP contribution >= 0.6 is 0 Å². The lowest BCUT2D eigenvalue weighted by atomic mass is 9.78. The lowest BCUT2D eigenvalue weighted by molar-refractivity contribution is 1.19. The zero-order valence-corrected chi connectivity index (χ0v) is 27.8. The maximum atomic E-state index is 2.40. The Labute approximate surface area is 286 Å². The monoisotopic (exact) mass is 626 g/mol. The number of para-hydroxylation sites is 2. The van der Waals surface area contributed by atoms with E-state index in [2.05, 4.69) is 182 Å². The minimum Gasteiger partial charge on any atom is -0.310 e. The number of aromatic nitrogens is 1. The van der Waals surface area contributed by atoms with Crippen LogP contribution in [0.25, 0.3) is 71.3 Å². The molecule has 10 rings (SSSR count). The number of fused-ring (bicyclic) bond motifs is 9. The molecule has 0 bridgehead atoms. The molecular formula is C47H34N2. The van der Waals surface area contributed by atoms with Crippen LogP contribution in [0.15, 0.2) is 152 Å². The Kier molecular flexibility index (Phi) is 5.95. The zero-order chi connectivity index (χ0) is 32.8. The molecule has 0 aliphatic heterocycles. The van der Waals surface area contributed by atoms with Crippen LogP contribution in [-0.2, 0) is 0 Å². The number of hydrogen-bond acceptors (Lipinski definition) is 1. The van der Waals surface area contributed by atoms with Gasteiger partial charge < -0.3 is 9.47 Å². The van der Waals surface area contributed by atoms with Crippen molar-refractivity contribution in [1.82, 2.24) is 4.57 Å². The molecule has 1 aliphatic carbocycles. The third-order valence-corrected chi connectivity index (χ3v) is 10.4. The summed E-state index contributed by atoms with van der Waals surface area (Å²) < 4.78 is 2.40. The van der Waals surface area contributed by atoms with E-state index in [1.807, 2.05) is 0 Å². The van der Waals surface area contributed by atoms with E-state index in [0.29, 0.717) is 0 Å². The van der Waals surface area contributed by atoms with Crippen LogP contribution in [0.2, 0.25) is 0 Å². The van der Waals surface area contributed by atoms with Crippen molar-refractivity contribution in [2.75, 3.05) is 4.90 Å². The van der Waals surface area contributed by atoms with Gasteiger partial charge in [-0.3, -0.25) is 0 Å². The first-order chi connectivity index (χ1) is 24.0. The maximum absolute atomic E-state index is 2.40. The molecule has 1 heterocycles. The Bertz CT molecular complexity index is 2730. The molecule has 1 aromatic heterocycles. The van der Waals surface area contributed by atoms with Gasteiger partial charge in [0, 0.05) is 33.5 Å². The van der Waals surface area contributed by atoms with Crippen molar-refractivity contribution in [3.8, 4) is 27.9 Å². The van der Waals surface area contributed by atoms with Crippen LogP contribution < -0.4 is 4.90 Å². The molecular weight excluding hydrogens is 593 g/mol. The molecule has 0 saturated carbocycles. The summed E-state index contributed by atoms with van der Waals surface area (Å²) in [6.07, 6.45) is 0. The third-order valence-electron chi connectivity index (χ3n) is 10.4. The van der Waals surface area contributed by atoms with Crippen molar-refractivity contribution in [3.05, 3.63) is 168 Å². The fourth-order valence-electron chi connectivity index (χ4n) is 8.10. The molecule has 8 aromatic carbocycles. The second-order valence-corrected chi connectivity index (χ2v) is 13.7. The van der Waals surface area contributed by atoms with E-state index in [-0.39, 0.29) is 0 Å². The highest BCUT2D eigenvalue weighted by molar-refractivity contribution is 6.13. The van der Waals surface area contributed by atoms with Crippen molar-refractivity contribution in [2.45, 2.75) is 20.8 Å². The molecule has 0 spiro atoms. The van der Waals surface area contributed by atoms with Gasteiger partial charge in [0.05, 0.1) is 11.0 Å². The van der Waals surface area contributed by atoms with Crippen LogP contribution in [-0.4, -0.2) is 4.57 Å². The van der Waals surface area contributed by atoms with Crippen LogP contribution in [0, 0.1) is 20.8 Å². The average Bonchev–Trinajstić information content (AvgIpc) is 3.45. The largest absolute Gasteiger partial charge is 0.310 e. The number of benzene rings is 8. The highest BCUT2D eigenvalue weighted by Gasteiger charge is 2.24. The van der Waals surface area contributed by atoms with Gasteiger partial charge in [0.25, 0.3) is 0 Å². The lowest BCUT2D eigenvalue weighted by Crippen LogP contribution is -2.10. The summed E-state index contributed by atoms with van der Waals surface area (Å²) in [4.78, 5) is 2.38. The van der Waals surface area contributed by atoms with E-state index < -0.39 is 0 Å². The Morgan fingerprint density at radius 3 is 1.49 bits per heavy atom. The fourth-order valence-corrected chi connectivity index (χ4v) is 8.10. The molecule has 2 nitrogen and oxygen atoms in total. The summed E-state index contributed by atoms with van der Waals surface area (Å²) in [7, 11) is 0. The first kappa shape index (κ1) is 27.9. The Balaban J connectivity index is 1.09. The number of aryl methyl sites for hydroxylation is 3. The van der Waals surface area contributed by atoms with Gasteiger partial charge in [0.2, 0.25) is 0 Å². The quantitative estimate of drug-likeness (QED) is 0.189. The summed E-state index contributed by atoms with van der Waals surface area (Å²) in [5.74, 6) is 0. The standard InChI is InChI=1S/C47H34N2/c1-29-12-16-36(17-13-29)48(39-21-30(2)20-31(3)22-39)37-18-14-32-25-42-43-26-33-15-19-38(24-35(33)28-45(43)44(42)27-34(32)23-37)49-46-10-6-4-8-40(46)41-9-5-7-11-47(41)49/h4-28H,1-3H3. The molecule has 0 N–H and O–H groups in total. The smallest absolute Gasteiger partial charge is 0.0541 e. The molecule has 49 heavy (non-hydrogen) atoms. The van der Waals surface area contributed by atoms with Gasteiger partial charge in [0.1, 0.15) is 0 Å². The number of rotatable bonds is 4. The van der Waals surface area contributed by atoms with Crippen molar-refractivity contribution in [3.63, 3.8) is 0 Å². The van der Waals surface area contributed by atoms with Crippen LogP contribution in [0.5, 0.6) is 0 Å². The van der Waals surface area contributed by atoms with Crippen LogP contribution in [0.3, 0.4) is 0 Å². The summed E-state index contributed by atoms with van der Waals surface area (Å²) >= 11 is 0. The van der Waals surface area contributed by atoms with Gasteiger partial charge in [-0.05, 0) is 161 Å². The highest BCUT2D eigenvalue weighted by atomic mass is 15.1. The molecule has 1 aliphatic rings. The van der Waals surface area contributed by atoms with Crippen LogP contribution in [0.4, 0.5) is 17.1 Å². The molecule has 0 atom stereocenters. The van der Waals surface area contributed by atoms with Gasteiger partial charge in [-0.2, -0.15) is 0 Å². The first-order valence-electron chi connectivity index (χ1n) is 17.1. The minimum atomic E-state index is 1.16. The predicted octanol–water partition coefficient (Wildman–Crippen LogP) is 13.1. The molecule has 0 radical (unpaired) electrons. The summed E-state index contributed by atoms with van der Waals surface area (Å²) in [5, 5.41) is 7.62. The second kappa shape index (κ2) is 10.4. The Hall–Kier alpha value is -6.12. The van der Waals surface area contributed by atoms with Gasteiger partial charge in [-0.1, -0.05) is 72.3 Å². The Morgan fingerprint density at radius 1 is 0.367 bits per heavy atom. The first-order valence-corrected chi connectivity index (χ1v) is 17.1. The average molecular weight is 627 g/mol. The summed E-state index contributed by atoms with van der Waals surface area (Å²) in [6, 6.07) is 56.5. The molecule has 9 aromatic rings. The Morgan fingerprint density at radius 2 is 0.878 bits per heavy atom. The fraction of sp³-hybridized carbons (Fsp3) is 0.0638. The van der Waals surface area contributed by atoms with E-state index in [9.17, 15) is 0 Å². The van der Waals surface area contributed by atoms with E-state index >= 15 is 0 Å². The molecule has 232 valence electrons.